The minimum Gasteiger partial charge on any atom is -0.467 e. The Labute approximate surface area is 144 Å². The highest BCUT2D eigenvalue weighted by Crippen LogP contribution is 2.26. The van der Waals surface area contributed by atoms with Gasteiger partial charge in [0.2, 0.25) is 12.8 Å². The molecule has 1 rings (SSSR count). The highest BCUT2D eigenvalue weighted by molar-refractivity contribution is 5.97. The van der Waals surface area contributed by atoms with Gasteiger partial charge in [-0.15, -0.1) is 0 Å². The van der Waals surface area contributed by atoms with Gasteiger partial charge in [0.15, 0.2) is 0 Å². The number of esters is 1. The summed E-state index contributed by atoms with van der Waals surface area (Å²) in [6.07, 6.45) is -0.0767. The number of hydrogen-bond acceptors (Lipinski definition) is 6. The molecule has 0 aromatic heterocycles. The molecule has 25 heavy (non-hydrogen) atoms. The number of ether oxygens (including phenoxy) is 2. The van der Waals surface area contributed by atoms with Gasteiger partial charge < -0.3 is 25.8 Å². The molecule has 1 unspecified atom stereocenters. The Kier molecular flexibility index (Phi) is 8.17. The first-order valence-corrected chi connectivity index (χ1v) is 7.66. The summed E-state index contributed by atoms with van der Waals surface area (Å²) in [7, 11) is 1.17. The number of halogens is 1. The zero-order valence-electron chi connectivity index (χ0n) is 14.1. The average molecular weight is 355 g/mol. The number of methoxy groups -OCH3 is 1. The van der Waals surface area contributed by atoms with Crippen LogP contribution >= 0.6 is 0 Å². The number of nitrogens with one attached hydrogen (secondary N) is 2. The van der Waals surface area contributed by atoms with Crippen molar-refractivity contribution < 1.29 is 28.2 Å². The number of benzene rings is 1. The van der Waals surface area contributed by atoms with E-state index in [0.29, 0.717) is 12.2 Å². The van der Waals surface area contributed by atoms with E-state index in [2.05, 4.69) is 15.4 Å². The first-order valence-electron chi connectivity index (χ1n) is 7.66. The van der Waals surface area contributed by atoms with E-state index in [1.807, 2.05) is 6.92 Å². The van der Waals surface area contributed by atoms with Crippen LogP contribution in [0.5, 0.6) is 5.75 Å². The molecule has 0 saturated carbocycles. The SMILES string of the molecule is CCNc1ccc(C(=O)NC(CCC(N)=O)C(=O)OC)cc1OCF. The van der Waals surface area contributed by atoms with E-state index >= 15 is 0 Å². The van der Waals surface area contributed by atoms with Gasteiger partial charge in [-0.1, -0.05) is 0 Å². The number of primary amides is 1. The Hall–Kier alpha value is -2.84. The number of hydrogen-bond donors (Lipinski definition) is 3. The fraction of sp³-hybridized carbons (Fsp3) is 0.438. The Morgan fingerprint density at radius 3 is 2.60 bits per heavy atom. The van der Waals surface area contributed by atoms with Crippen molar-refractivity contribution in [2.24, 2.45) is 5.73 Å². The Bertz CT molecular complexity index is 624. The van der Waals surface area contributed by atoms with Crippen molar-refractivity contribution in [1.82, 2.24) is 5.32 Å². The number of carbonyl (C=O) groups is 3. The van der Waals surface area contributed by atoms with Gasteiger partial charge in [-0.2, -0.15) is 0 Å². The molecule has 0 fully saturated rings. The van der Waals surface area contributed by atoms with Gasteiger partial charge in [-0.3, -0.25) is 9.59 Å². The van der Waals surface area contributed by atoms with Gasteiger partial charge in [0.25, 0.3) is 5.91 Å². The molecule has 9 heteroatoms. The second kappa shape index (κ2) is 10.1. The molecule has 0 heterocycles. The van der Waals surface area contributed by atoms with E-state index in [9.17, 15) is 18.8 Å². The lowest BCUT2D eigenvalue weighted by Gasteiger charge is -2.17. The Balaban J connectivity index is 2.93. The number of anilines is 1. The zero-order valence-corrected chi connectivity index (χ0v) is 14.1. The molecule has 0 aliphatic rings. The van der Waals surface area contributed by atoms with Crippen molar-refractivity contribution in [1.29, 1.82) is 0 Å². The fourth-order valence-electron chi connectivity index (χ4n) is 2.10. The van der Waals surface area contributed by atoms with Crippen LogP contribution in [-0.2, 0) is 14.3 Å². The third-order valence-corrected chi connectivity index (χ3v) is 3.29. The van der Waals surface area contributed by atoms with E-state index < -0.39 is 30.7 Å². The van der Waals surface area contributed by atoms with Crippen molar-refractivity contribution in [3.63, 3.8) is 0 Å². The van der Waals surface area contributed by atoms with E-state index in [4.69, 9.17) is 10.5 Å². The van der Waals surface area contributed by atoms with Crippen LogP contribution < -0.4 is 21.1 Å². The number of carbonyl (C=O) groups excluding carboxylic acids is 3. The molecule has 0 radical (unpaired) electrons. The molecule has 1 atom stereocenters. The molecular formula is C16H22FN3O5. The monoisotopic (exact) mass is 355 g/mol. The van der Waals surface area contributed by atoms with Crippen LogP contribution in [0.1, 0.15) is 30.1 Å². The van der Waals surface area contributed by atoms with Crippen LogP contribution in [0.15, 0.2) is 18.2 Å². The highest BCUT2D eigenvalue weighted by Gasteiger charge is 2.23. The van der Waals surface area contributed by atoms with Crippen molar-refractivity contribution in [2.45, 2.75) is 25.8 Å². The predicted octanol–water partition coefficient (Wildman–Crippen LogP) is 0.961. The van der Waals surface area contributed by atoms with Crippen LogP contribution in [0.25, 0.3) is 0 Å². The summed E-state index contributed by atoms with van der Waals surface area (Å²) in [4.78, 5) is 35.0. The summed E-state index contributed by atoms with van der Waals surface area (Å²) in [5.41, 5.74) is 5.76. The second-order valence-electron chi connectivity index (χ2n) is 5.05. The van der Waals surface area contributed by atoms with Gasteiger partial charge in [0.1, 0.15) is 11.8 Å². The number of alkyl halides is 1. The molecule has 138 valence electrons. The van der Waals surface area contributed by atoms with Crippen LogP contribution in [0, 0.1) is 0 Å². The zero-order chi connectivity index (χ0) is 18.8. The van der Waals surface area contributed by atoms with Crippen LogP contribution in [0.2, 0.25) is 0 Å². The molecule has 1 aromatic carbocycles. The van der Waals surface area contributed by atoms with Gasteiger partial charge >= 0.3 is 5.97 Å². The van der Waals surface area contributed by atoms with E-state index in [1.54, 1.807) is 6.07 Å². The lowest BCUT2D eigenvalue weighted by atomic mass is 10.1. The van der Waals surface area contributed by atoms with Crippen molar-refractivity contribution in [3.05, 3.63) is 23.8 Å². The quantitative estimate of drug-likeness (QED) is 0.538. The lowest BCUT2D eigenvalue weighted by molar-refractivity contribution is -0.143. The summed E-state index contributed by atoms with van der Waals surface area (Å²) in [6.45, 7) is 1.40. The largest absolute Gasteiger partial charge is 0.467 e. The maximum absolute atomic E-state index is 12.5. The summed E-state index contributed by atoms with van der Waals surface area (Å²) in [5.74, 6) is -1.72. The van der Waals surface area contributed by atoms with Gasteiger partial charge in [-0.25, -0.2) is 9.18 Å². The first-order chi connectivity index (χ1) is 11.9. The van der Waals surface area contributed by atoms with E-state index in [0.717, 1.165) is 0 Å². The third kappa shape index (κ3) is 6.28. The molecule has 4 N–H and O–H groups in total. The van der Waals surface area contributed by atoms with Gasteiger partial charge in [0.05, 0.1) is 12.8 Å². The molecule has 2 amide bonds. The molecule has 0 bridgehead atoms. The van der Waals surface area contributed by atoms with Gasteiger partial charge in [0, 0.05) is 18.5 Å². The number of nitrogens with two attached hydrogens (primary N) is 1. The van der Waals surface area contributed by atoms with E-state index in [-0.39, 0.29) is 24.2 Å². The van der Waals surface area contributed by atoms with E-state index in [1.165, 1.54) is 19.2 Å². The third-order valence-electron chi connectivity index (χ3n) is 3.29. The van der Waals surface area contributed by atoms with Crippen LogP contribution in [-0.4, -0.2) is 44.3 Å². The number of amides is 2. The Morgan fingerprint density at radius 2 is 2.04 bits per heavy atom. The van der Waals surface area contributed by atoms with Gasteiger partial charge in [-0.05, 0) is 31.5 Å². The maximum atomic E-state index is 12.5. The smallest absolute Gasteiger partial charge is 0.328 e. The topological polar surface area (TPSA) is 120 Å². The summed E-state index contributed by atoms with van der Waals surface area (Å²) >= 11 is 0. The summed E-state index contributed by atoms with van der Waals surface area (Å²) in [6, 6.07) is 3.40. The second-order valence-corrected chi connectivity index (χ2v) is 5.05. The first kappa shape index (κ1) is 20.2. The molecular weight excluding hydrogens is 333 g/mol. The number of rotatable bonds is 10. The minimum atomic E-state index is -1.05. The van der Waals surface area contributed by atoms with Crippen LogP contribution in [0.4, 0.5) is 10.1 Å². The van der Waals surface area contributed by atoms with Crippen molar-refractivity contribution in [3.8, 4) is 5.75 Å². The molecule has 0 saturated heterocycles. The standard InChI is InChI=1S/C16H22FN3O5/c1-3-19-11-5-4-10(8-13(11)25-9-17)15(22)20-12(16(23)24-2)6-7-14(18)21/h4-5,8,12,19H,3,6-7,9H2,1-2H3,(H2,18,21)(H,20,22). The minimum absolute atomic E-state index is 0.0110. The summed E-state index contributed by atoms with van der Waals surface area (Å²) < 4.78 is 22.0. The molecule has 0 spiro atoms. The maximum Gasteiger partial charge on any atom is 0.328 e. The molecule has 0 aliphatic carbocycles. The molecule has 0 aliphatic heterocycles. The molecule has 1 aromatic rings. The fourth-order valence-corrected chi connectivity index (χ4v) is 2.10. The predicted molar refractivity (Wildman–Crippen MR) is 88.9 cm³/mol. The van der Waals surface area contributed by atoms with Crippen LogP contribution in [0.3, 0.4) is 0 Å². The highest BCUT2D eigenvalue weighted by atomic mass is 19.1. The Morgan fingerprint density at radius 1 is 1.32 bits per heavy atom. The average Bonchev–Trinajstić information content (AvgIpc) is 2.59. The summed E-state index contributed by atoms with van der Waals surface area (Å²) in [5, 5.41) is 5.45. The normalized spacial score (nSPS) is 11.3. The lowest BCUT2D eigenvalue weighted by Crippen LogP contribution is -2.42. The molecule has 8 nitrogen and oxygen atoms in total. The van der Waals surface area contributed by atoms with Crippen molar-refractivity contribution >= 4 is 23.5 Å². The van der Waals surface area contributed by atoms with Crippen molar-refractivity contribution in [2.75, 3.05) is 25.8 Å².